The molecular weight excluding hydrogens is 480 g/mol. The Kier molecular flexibility index (Phi) is 7.58. The first-order valence-electron chi connectivity index (χ1n) is 10.6. The van der Waals surface area contributed by atoms with E-state index >= 15 is 0 Å². The van der Waals surface area contributed by atoms with E-state index in [4.69, 9.17) is 9.47 Å². The van der Waals surface area contributed by atoms with Gasteiger partial charge >= 0.3 is 0 Å². The standard InChI is InChI=1S/C23H26N2O5S3/c1-29-16-5-8-19(9-6-16)33(27,28)13-11-22(26)25(15-17-4-3-12-30-17)23-24-20-10-7-18(31-2)14-21(20)32-23/h5-10,14,17H,3-4,11-13,15H2,1-2H3. The summed E-state index contributed by atoms with van der Waals surface area (Å²) >= 11 is 3.09. The van der Waals surface area contributed by atoms with E-state index < -0.39 is 9.84 Å². The summed E-state index contributed by atoms with van der Waals surface area (Å²) in [5, 5.41) is 0.575. The van der Waals surface area contributed by atoms with Gasteiger partial charge < -0.3 is 9.47 Å². The van der Waals surface area contributed by atoms with E-state index in [-0.39, 0.29) is 29.1 Å². The van der Waals surface area contributed by atoms with Crippen molar-refractivity contribution in [2.24, 2.45) is 0 Å². The summed E-state index contributed by atoms with van der Waals surface area (Å²) in [7, 11) is -2.09. The zero-order chi connectivity index (χ0) is 23.4. The molecule has 0 bridgehead atoms. The van der Waals surface area contributed by atoms with E-state index in [0.717, 1.165) is 28.0 Å². The lowest BCUT2D eigenvalue weighted by Gasteiger charge is -2.23. The Morgan fingerprint density at radius 1 is 1.27 bits per heavy atom. The fraction of sp³-hybridized carbons (Fsp3) is 0.391. The Bertz CT molecular complexity index is 1220. The molecule has 3 aromatic rings. The molecule has 0 aliphatic carbocycles. The molecule has 0 saturated carbocycles. The highest BCUT2D eigenvalue weighted by molar-refractivity contribution is 7.98. The van der Waals surface area contributed by atoms with Gasteiger partial charge in [0, 0.05) is 17.9 Å². The van der Waals surface area contributed by atoms with Crippen LogP contribution in [0.5, 0.6) is 5.75 Å². The van der Waals surface area contributed by atoms with Crippen LogP contribution in [0.1, 0.15) is 19.3 Å². The number of hydrogen-bond acceptors (Lipinski definition) is 8. The Morgan fingerprint density at radius 2 is 2.06 bits per heavy atom. The average Bonchev–Trinajstić information content (AvgIpc) is 3.50. The zero-order valence-electron chi connectivity index (χ0n) is 18.5. The number of fused-ring (bicyclic) bond motifs is 1. The molecule has 10 heteroatoms. The fourth-order valence-electron chi connectivity index (χ4n) is 3.67. The van der Waals surface area contributed by atoms with Crippen LogP contribution in [0, 0.1) is 0 Å². The van der Waals surface area contributed by atoms with Gasteiger partial charge in [-0.2, -0.15) is 0 Å². The third-order valence-corrected chi connectivity index (χ3v) is 9.03. The first-order chi connectivity index (χ1) is 15.9. The number of anilines is 1. The zero-order valence-corrected chi connectivity index (χ0v) is 21.0. The summed E-state index contributed by atoms with van der Waals surface area (Å²) in [6.45, 7) is 1.05. The predicted octanol–water partition coefficient (Wildman–Crippen LogP) is 4.40. The Labute approximate surface area is 202 Å². The van der Waals surface area contributed by atoms with Gasteiger partial charge in [0.05, 0.1) is 40.6 Å². The highest BCUT2D eigenvalue weighted by atomic mass is 32.2. The molecule has 0 N–H and O–H groups in total. The van der Waals surface area contributed by atoms with Crippen LogP contribution in [0.15, 0.2) is 52.3 Å². The first kappa shape index (κ1) is 24.0. The predicted molar refractivity (Wildman–Crippen MR) is 132 cm³/mol. The lowest BCUT2D eigenvalue weighted by Crippen LogP contribution is -2.38. The van der Waals surface area contributed by atoms with Crippen molar-refractivity contribution in [1.29, 1.82) is 0 Å². The molecule has 1 amide bonds. The number of carbonyl (C=O) groups excluding carboxylic acids is 1. The van der Waals surface area contributed by atoms with Gasteiger partial charge in [0.25, 0.3) is 0 Å². The number of benzene rings is 2. The average molecular weight is 507 g/mol. The third kappa shape index (κ3) is 5.68. The van der Waals surface area contributed by atoms with Crippen molar-refractivity contribution in [3.63, 3.8) is 0 Å². The van der Waals surface area contributed by atoms with Crippen LogP contribution in [0.25, 0.3) is 10.2 Å². The first-order valence-corrected chi connectivity index (χ1v) is 14.3. The van der Waals surface area contributed by atoms with E-state index in [9.17, 15) is 13.2 Å². The number of nitrogens with zero attached hydrogens (tertiary/aromatic N) is 2. The van der Waals surface area contributed by atoms with E-state index in [1.807, 2.05) is 18.4 Å². The van der Waals surface area contributed by atoms with Crippen molar-refractivity contribution in [1.82, 2.24) is 4.98 Å². The lowest BCUT2D eigenvalue weighted by molar-refractivity contribution is -0.118. The largest absolute Gasteiger partial charge is 0.497 e. The molecule has 176 valence electrons. The maximum Gasteiger partial charge on any atom is 0.229 e. The normalized spacial score (nSPS) is 16.2. The van der Waals surface area contributed by atoms with Gasteiger partial charge in [-0.1, -0.05) is 11.3 Å². The molecule has 1 fully saturated rings. The number of hydrogen-bond donors (Lipinski definition) is 0. The molecule has 1 atom stereocenters. The minimum atomic E-state index is -3.61. The number of rotatable bonds is 9. The van der Waals surface area contributed by atoms with E-state index in [1.165, 1.54) is 30.6 Å². The van der Waals surface area contributed by atoms with Gasteiger partial charge in [-0.15, -0.1) is 11.8 Å². The molecule has 1 saturated heterocycles. The van der Waals surface area contributed by atoms with Gasteiger partial charge in [0.2, 0.25) is 5.91 Å². The van der Waals surface area contributed by atoms with Gasteiger partial charge in [-0.05, 0) is 61.6 Å². The van der Waals surface area contributed by atoms with E-state index in [2.05, 4.69) is 11.1 Å². The molecule has 0 radical (unpaired) electrons. The van der Waals surface area contributed by atoms with Crippen molar-refractivity contribution >= 4 is 54.2 Å². The van der Waals surface area contributed by atoms with Crippen molar-refractivity contribution in [3.05, 3.63) is 42.5 Å². The molecule has 1 aliphatic heterocycles. The van der Waals surface area contributed by atoms with Crippen molar-refractivity contribution in [2.75, 3.05) is 37.2 Å². The second-order valence-electron chi connectivity index (χ2n) is 7.71. The summed E-state index contributed by atoms with van der Waals surface area (Å²) in [5.41, 5.74) is 0.823. The Hall–Kier alpha value is -2.14. The summed E-state index contributed by atoms with van der Waals surface area (Å²) in [6, 6.07) is 12.2. The molecule has 4 rings (SSSR count). The molecule has 2 aromatic carbocycles. The number of thiazole rings is 1. The van der Waals surface area contributed by atoms with Crippen molar-refractivity contribution in [2.45, 2.75) is 35.2 Å². The van der Waals surface area contributed by atoms with Crippen molar-refractivity contribution < 1.29 is 22.7 Å². The van der Waals surface area contributed by atoms with Crippen LogP contribution < -0.4 is 9.64 Å². The minimum absolute atomic E-state index is 0.0686. The maximum atomic E-state index is 13.3. The quantitative estimate of drug-likeness (QED) is 0.398. The third-order valence-electron chi connectivity index (χ3n) is 5.53. The van der Waals surface area contributed by atoms with Crippen molar-refractivity contribution in [3.8, 4) is 5.75 Å². The highest BCUT2D eigenvalue weighted by Crippen LogP contribution is 2.33. The molecule has 2 heterocycles. The number of sulfone groups is 1. The maximum absolute atomic E-state index is 13.3. The monoisotopic (exact) mass is 506 g/mol. The summed E-state index contributed by atoms with van der Waals surface area (Å²) in [4.78, 5) is 20.8. The minimum Gasteiger partial charge on any atom is -0.497 e. The molecule has 1 aliphatic rings. The second kappa shape index (κ2) is 10.4. The van der Waals surface area contributed by atoms with E-state index in [1.54, 1.807) is 28.8 Å². The number of aromatic nitrogens is 1. The molecule has 0 spiro atoms. The molecular formula is C23H26N2O5S3. The molecule has 1 unspecified atom stereocenters. The van der Waals surface area contributed by atoms with Crippen LogP contribution in [-0.4, -0.2) is 57.7 Å². The smallest absolute Gasteiger partial charge is 0.229 e. The summed E-state index contributed by atoms with van der Waals surface area (Å²) < 4.78 is 37.4. The SMILES string of the molecule is COc1ccc(S(=O)(=O)CCC(=O)N(CC2CCCO2)c2nc3ccc(SC)cc3s2)cc1. The fourth-order valence-corrected chi connectivity index (χ4v) is 6.45. The van der Waals surface area contributed by atoms with Crippen LogP contribution in [0.3, 0.4) is 0 Å². The van der Waals surface area contributed by atoms with Gasteiger partial charge in [0.15, 0.2) is 15.0 Å². The van der Waals surface area contributed by atoms with E-state index in [0.29, 0.717) is 24.0 Å². The van der Waals surface area contributed by atoms with Gasteiger partial charge in [-0.3, -0.25) is 9.69 Å². The lowest BCUT2D eigenvalue weighted by atomic mass is 10.2. The summed E-state index contributed by atoms with van der Waals surface area (Å²) in [5.74, 6) is 0.0294. The van der Waals surface area contributed by atoms with Crippen LogP contribution in [0.4, 0.5) is 5.13 Å². The summed E-state index contributed by atoms with van der Waals surface area (Å²) in [6.07, 6.45) is 3.64. The Morgan fingerprint density at radius 3 is 2.73 bits per heavy atom. The van der Waals surface area contributed by atoms with Gasteiger partial charge in [-0.25, -0.2) is 13.4 Å². The topological polar surface area (TPSA) is 85.8 Å². The number of amides is 1. The number of carbonyl (C=O) groups is 1. The molecule has 1 aromatic heterocycles. The van der Waals surface area contributed by atoms with Crippen LogP contribution >= 0.6 is 23.1 Å². The number of methoxy groups -OCH3 is 1. The van der Waals surface area contributed by atoms with Gasteiger partial charge in [0.1, 0.15) is 5.75 Å². The highest BCUT2D eigenvalue weighted by Gasteiger charge is 2.27. The number of ether oxygens (including phenoxy) is 2. The molecule has 33 heavy (non-hydrogen) atoms. The number of thioether (sulfide) groups is 1. The van der Waals surface area contributed by atoms with Crippen LogP contribution in [0.2, 0.25) is 0 Å². The molecule has 7 nitrogen and oxygen atoms in total. The second-order valence-corrected chi connectivity index (χ2v) is 11.7. The Balaban J connectivity index is 1.54. The van der Waals surface area contributed by atoms with Crippen LogP contribution in [-0.2, 0) is 19.4 Å².